The van der Waals surface area contributed by atoms with E-state index < -0.39 is 0 Å². The average molecular weight is 462 g/mol. The molecule has 0 bridgehead atoms. The number of hydrogen-bond donors (Lipinski definition) is 0. The molecule has 2 aromatic carbocycles. The minimum atomic E-state index is -0.337. The van der Waals surface area contributed by atoms with Crippen molar-refractivity contribution < 1.29 is 13.9 Å². The number of carbonyl (C=O) groups is 1. The van der Waals surface area contributed by atoms with Gasteiger partial charge in [-0.3, -0.25) is 4.79 Å². The summed E-state index contributed by atoms with van der Waals surface area (Å²) in [6.07, 6.45) is 0. The van der Waals surface area contributed by atoms with Gasteiger partial charge in [-0.15, -0.1) is 0 Å². The molecule has 1 aliphatic rings. The Morgan fingerprint density at radius 1 is 1.29 bits per heavy atom. The number of fused-ring (bicyclic) bond motifs is 1. The van der Waals surface area contributed by atoms with Gasteiger partial charge in [0.05, 0.1) is 12.2 Å². The third kappa shape index (κ3) is 3.06. The smallest absolute Gasteiger partial charge is 0.265 e. The summed E-state index contributed by atoms with van der Waals surface area (Å²) in [7, 11) is 0. The van der Waals surface area contributed by atoms with Crippen molar-refractivity contribution in [1.82, 2.24) is 0 Å². The van der Waals surface area contributed by atoms with Crippen LogP contribution in [0.25, 0.3) is 0 Å². The first-order valence-electron chi connectivity index (χ1n) is 6.21. The molecule has 108 valence electrons. The van der Waals surface area contributed by atoms with E-state index in [2.05, 4.69) is 38.5 Å². The van der Waals surface area contributed by atoms with Gasteiger partial charge in [0.15, 0.2) is 6.61 Å². The molecule has 0 unspecified atom stereocenters. The first-order chi connectivity index (χ1) is 10.0. The minimum absolute atomic E-state index is 0.0221. The topological polar surface area (TPSA) is 29.5 Å². The van der Waals surface area contributed by atoms with Crippen molar-refractivity contribution in [3.05, 3.63) is 55.8 Å². The van der Waals surface area contributed by atoms with Crippen LogP contribution in [0, 0.1) is 9.39 Å². The van der Waals surface area contributed by atoms with Crippen LogP contribution in [0.5, 0.6) is 5.75 Å². The lowest BCUT2D eigenvalue weighted by molar-refractivity contribution is -0.121. The van der Waals surface area contributed by atoms with Crippen molar-refractivity contribution >= 4 is 50.1 Å². The largest absolute Gasteiger partial charge is 0.482 e. The van der Waals surface area contributed by atoms with Crippen LogP contribution in [0.3, 0.4) is 0 Å². The maximum absolute atomic E-state index is 14.0. The van der Waals surface area contributed by atoms with Crippen molar-refractivity contribution in [1.29, 1.82) is 0 Å². The molecule has 21 heavy (non-hydrogen) atoms. The van der Waals surface area contributed by atoms with E-state index in [0.717, 1.165) is 3.57 Å². The molecule has 0 fully saturated rings. The number of halogens is 3. The van der Waals surface area contributed by atoms with E-state index in [4.69, 9.17) is 4.74 Å². The van der Waals surface area contributed by atoms with Gasteiger partial charge in [-0.2, -0.15) is 0 Å². The zero-order valence-electron chi connectivity index (χ0n) is 10.8. The molecule has 1 aliphatic heterocycles. The molecule has 0 N–H and O–H groups in total. The van der Waals surface area contributed by atoms with E-state index in [1.54, 1.807) is 17.0 Å². The summed E-state index contributed by atoms with van der Waals surface area (Å²) in [5, 5.41) is 0. The fourth-order valence-electron chi connectivity index (χ4n) is 2.17. The second-order valence-electron chi connectivity index (χ2n) is 4.62. The molecular weight excluding hydrogens is 452 g/mol. The van der Waals surface area contributed by atoms with Crippen LogP contribution in [0.1, 0.15) is 5.56 Å². The normalized spacial score (nSPS) is 13.9. The lowest BCUT2D eigenvalue weighted by atomic mass is 10.1. The molecule has 0 saturated carbocycles. The first-order valence-corrected chi connectivity index (χ1v) is 8.08. The van der Waals surface area contributed by atoms with Crippen molar-refractivity contribution in [3.63, 3.8) is 0 Å². The fourth-order valence-corrected chi connectivity index (χ4v) is 2.98. The molecule has 0 saturated heterocycles. The van der Waals surface area contributed by atoms with Crippen LogP contribution < -0.4 is 9.64 Å². The fraction of sp³-hybridized carbons (Fsp3) is 0.133. The Labute approximate surface area is 143 Å². The van der Waals surface area contributed by atoms with Crippen LogP contribution >= 0.6 is 38.5 Å². The quantitative estimate of drug-likeness (QED) is 0.629. The summed E-state index contributed by atoms with van der Waals surface area (Å²) in [6, 6.07) is 10.4. The Morgan fingerprint density at radius 2 is 2.10 bits per heavy atom. The number of ether oxygens (including phenoxy) is 1. The van der Waals surface area contributed by atoms with E-state index in [-0.39, 0.29) is 24.9 Å². The highest BCUT2D eigenvalue weighted by atomic mass is 127. The SMILES string of the molecule is O=C1COc2ccc(I)cc2N1Cc1ccc(Br)cc1F. The number of hydrogen-bond acceptors (Lipinski definition) is 2. The van der Waals surface area contributed by atoms with E-state index in [0.29, 0.717) is 21.5 Å². The summed E-state index contributed by atoms with van der Waals surface area (Å²) in [5.74, 6) is 0.134. The monoisotopic (exact) mass is 461 g/mol. The van der Waals surface area contributed by atoms with Gasteiger partial charge in [0.25, 0.3) is 5.91 Å². The molecule has 0 atom stereocenters. The van der Waals surface area contributed by atoms with E-state index in [1.165, 1.54) is 6.07 Å². The molecule has 0 spiro atoms. The predicted molar refractivity (Wildman–Crippen MR) is 89.9 cm³/mol. The predicted octanol–water partition coefficient (Wildman–Crippen LogP) is 4.12. The summed E-state index contributed by atoms with van der Waals surface area (Å²) in [6.45, 7) is 0.167. The third-order valence-electron chi connectivity index (χ3n) is 3.21. The van der Waals surface area contributed by atoms with Gasteiger partial charge in [-0.25, -0.2) is 4.39 Å². The van der Waals surface area contributed by atoms with Crippen LogP contribution in [-0.2, 0) is 11.3 Å². The number of amides is 1. The van der Waals surface area contributed by atoms with Gasteiger partial charge < -0.3 is 9.64 Å². The lowest BCUT2D eigenvalue weighted by Gasteiger charge is -2.29. The summed E-state index contributed by atoms with van der Waals surface area (Å²) in [4.78, 5) is 13.7. The van der Waals surface area contributed by atoms with Gasteiger partial charge >= 0.3 is 0 Å². The molecule has 0 radical (unpaired) electrons. The van der Waals surface area contributed by atoms with Crippen LogP contribution in [0.2, 0.25) is 0 Å². The van der Waals surface area contributed by atoms with Gasteiger partial charge in [-0.05, 0) is 52.9 Å². The Hall–Kier alpha value is -1.15. The van der Waals surface area contributed by atoms with Gasteiger partial charge in [-0.1, -0.05) is 22.0 Å². The zero-order chi connectivity index (χ0) is 15.0. The van der Waals surface area contributed by atoms with E-state index >= 15 is 0 Å². The molecule has 1 heterocycles. The summed E-state index contributed by atoms with van der Waals surface area (Å²) >= 11 is 5.40. The second-order valence-corrected chi connectivity index (χ2v) is 6.78. The Bertz CT molecular complexity index is 723. The first kappa shape index (κ1) is 14.8. The molecular formula is C15H10BrFINO2. The van der Waals surface area contributed by atoms with Gasteiger partial charge in [0.2, 0.25) is 0 Å². The van der Waals surface area contributed by atoms with Crippen LogP contribution in [0.4, 0.5) is 10.1 Å². The summed E-state index contributed by atoms with van der Waals surface area (Å²) < 4.78 is 21.1. The van der Waals surface area contributed by atoms with Crippen molar-refractivity contribution in [2.24, 2.45) is 0 Å². The Balaban J connectivity index is 1.98. The van der Waals surface area contributed by atoms with Crippen LogP contribution in [0.15, 0.2) is 40.9 Å². The molecule has 2 aromatic rings. The second kappa shape index (κ2) is 5.92. The van der Waals surface area contributed by atoms with Crippen LogP contribution in [-0.4, -0.2) is 12.5 Å². The number of rotatable bonds is 2. The molecule has 0 aromatic heterocycles. The average Bonchev–Trinajstić information content (AvgIpc) is 2.44. The molecule has 0 aliphatic carbocycles. The minimum Gasteiger partial charge on any atom is -0.482 e. The Morgan fingerprint density at radius 3 is 2.86 bits per heavy atom. The third-order valence-corrected chi connectivity index (χ3v) is 4.37. The van der Waals surface area contributed by atoms with Crippen molar-refractivity contribution in [2.45, 2.75) is 6.54 Å². The Kier molecular flexibility index (Phi) is 4.17. The van der Waals surface area contributed by atoms with E-state index in [1.807, 2.05) is 18.2 Å². The number of benzene rings is 2. The lowest BCUT2D eigenvalue weighted by Crippen LogP contribution is -2.38. The highest BCUT2D eigenvalue weighted by Crippen LogP contribution is 2.34. The van der Waals surface area contributed by atoms with Crippen molar-refractivity contribution in [3.8, 4) is 5.75 Å². The standard InChI is InChI=1S/C15H10BrFINO2/c16-10-2-1-9(12(17)5-10)7-19-13-6-11(18)3-4-14(13)21-8-15(19)20/h1-6H,7-8H2. The molecule has 6 heteroatoms. The highest BCUT2D eigenvalue weighted by molar-refractivity contribution is 14.1. The van der Waals surface area contributed by atoms with Gasteiger partial charge in [0, 0.05) is 13.6 Å². The molecule has 1 amide bonds. The zero-order valence-corrected chi connectivity index (χ0v) is 14.5. The van der Waals surface area contributed by atoms with Crippen molar-refractivity contribution in [2.75, 3.05) is 11.5 Å². The number of anilines is 1. The maximum Gasteiger partial charge on any atom is 0.265 e. The molecule has 3 rings (SSSR count). The molecule has 3 nitrogen and oxygen atoms in total. The summed E-state index contributed by atoms with van der Waals surface area (Å²) in [5.41, 5.74) is 1.15. The number of carbonyl (C=O) groups excluding carboxylic acids is 1. The van der Waals surface area contributed by atoms with E-state index in [9.17, 15) is 9.18 Å². The number of nitrogens with zero attached hydrogens (tertiary/aromatic N) is 1. The van der Waals surface area contributed by atoms with Gasteiger partial charge in [0.1, 0.15) is 11.6 Å². The maximum atomic E-state index is 14.0. The highest BCUT2D eigenvalue weighted by Gasteiger charge is 2.26.